The van der Waals surface area contributed by atoms with Crippen molar-refractivity contribution in [3.05, 3.63) is 24.0 Å². The number of amides is 1. The van der Waals surface area contributed by atoms with E-state index >= 15 is 0 Å². The maximum Gasteiger partial charge on any atom is 0.407 e. The second-order valence-corrected chi connectivity index (χ2v) is 9.62. The van der Waals surface area contributed by atoms with Crippen molar-refractivity contribution >= 4 is 23.7 Å². The molecule has 32 heavy (non-hydrogen) atoms. The fraction of sp³-hybridized carbons (Fsp3) is 0.636. The van der Waals surface area contributed by atoms with Crippen LogP contribution >= 0.6 is 0 Å². The molecule has 2 aromatic rings. The third-order valence-corrected chi connectivity index (χ3v) is 5.84. The first-order valence-electron chi connectivity index (χ1n) is 11.3. The van der Waals surface area contributed by atoms with Gasteiger partial charge in [0.1, 0.15) is 17.6 Å². The van der Waals surface area contributed by atoms with E-state index in [1.165, 1.54) is 25.7 Å². The Morgan fingerprint density at radius 3 is 2.81 bits per heavy atom. The first-order valence-corrected chi connectivity index (χ1v) is 11.3. The summed E-state index contributed by atoms with van der Waals surface area (Å²) in [6, 6.07) is 3.79. The summed E-state index contributed by atoms with van der Waals surface area (Å²) in [5.41, 5.74) is 0.563. The number of hydrogen-bond acceptors (Lipinski definition) is 7. The number of H-pyrrole nitrogens is 1. The fourth-order valence-electron chi connectivity index (χ4n) is 4.26. The van der Waals surface area contributed by atoms with Crippen LogP contribution in [0.3, 0.4) is 0 Å². The van der Waals surface area contributed by atoms with Gasteiger partial charge < -0.3 is 20.3 Å². The highest BCUT2D eigenvalue weighted by Gasteiger charge is 2.34. The third-order valence-electron chi connectivity index (χ3n) is 5.84. The molecule has 4 rings (SSSR count). The number of alkyl halides is 1. The topological polar surface area (TPSA) is 108 Å². The van der Waals surface area contributed by atoms with Gasteiger partial charge in [-0.15, -0.1) is 0 Å². The number of aromatic nitrogens is 4. The summed E-state index contributed by atoms with van der Waals surface area (Å²) in [4.78, 5) is 22.5. The number of aromatic amines is 1. The first-order chi connectivity index (χ1) is 15.3. The van der Waals surface area contributed by atoms with Crippen LogP contribution in [0.4, 0.5) is 26.8 Å². The molecule has 9 nitrogen and oxygen atoms in total. The number of nitrogens with one attached hydrogen (secondary N) is 3. The Morgan fingerprint density at radius 2 is 2.06 bits per heavy atom. The lowest BCUT2D eigenvalue weighted by molar-refractivity contribution is 0.0515. The fourth-order valence-corrected chi connectivity index (χ4v) is 4.26. The minimum absolute atomic E-state index is 0.179. The van der Waals surface area contributed by atoms with E-state index in [2.05, 4.69) is 30.8 Å². The van der Waals surface area contributed by atoms with E-state index in [0.29, 0.717) is 30.0 Å². The zero-order chi connectivity index (χ0) is 22.7. The van der Waals surface area contributed by atoms with E-state index in [1.807, 2.05) is 6.07 Å². The second-order valence-electron chi connectivity index (χ2n) is 9.62. The molecule has 1 aliphatic heterocycles. The Kier molecular flexibility index (Phi) is 6.48. The van der Waals surface area contributed by atoms with Crippen molar-refractivity contribution in [1.29, 1.82) is 0 Å². The van der Waals surface area contributed by atoms with Crippen LogP contribution in [0.1, 0.15) is 58.1 Å². The van der Waals surface area contributed by atoms with Crippen LogP contribution in [-0.2, 0) is 4.74 Å². The number of hydrogen-bond donors (Lipinski definition) is 3. The molecule has 0 aromatic carbocycles. The van der Waals surface area contributed by atoms with Crippen molar-refractivity contribution < 1.29 is 13.9 Å². The number of nitrogens with zero attached hydrogens (tertiary/aromatic N) is 4. The largest absolute Gasteiger partial charge is 0.444 e. The van der Waals surface area contributed by atoms with Crippen LogP contribution in [0.2, 0.25) is 0 Å². The highest BCUT2D eigenvalue weighted by atomic mass is 19.1. The van der Waals surface area contributed by atoms with Crippen LogP contribution in [0.15, 0.2) is 18.3 Å². The van der Waals surface area contributed by atoms with Crippen molar-refractivity contribution in [2.45, 2.75) is 64.1 Å². The molecular formula is C22H32FN7O2. The van der Waals surface area contributed by atoms with Crippen molar-refractivity contribution in [1.82, 2.24) is 25.5 Å². The Morgan fingerprint density at radius 1 is 1.28 bits per heavy atom. The standard InChI is InChI=1S/C22H32FN7O2/c1-22(2,3)32-21(31)25-11-15-12-30(13-16(15)23)20-24-9-8-18(27-20)26-19-10-17(28-29-19)14-6-4-5-7-14/h8-10,14-16H,4-7,11-13H2,1-3H3,(H,25,31)(H2,24,26,27,28,29)/t15-,16+/m1/s1. The molecule has 1 saturated heterocycles. The monoisotopic (exact) mass is 445 g/mol. The van der Waals surface area contributed by atoms with Gasteiger partial charge in [0.05, 0.1) is 6.54 Å². The van der Waals surface area contributed by atoms with Gasteiger partial charge in [0.2, 0.25) is 5.95 Å². The predicted octanol–water partition coefficient (Wildman–Crippen LogP) is 3.90. The summed E-state index contributed by atoms with van der Waals surface area (Å²) in [5.74, 6) is 1.95. The molecule has 0 bridgehead atoms. The second kappa shape index (κ2) is 9.30. The maximum atomic E-state index is 14.6. The molecule has 0 spiro atoms. The summed E-state index contributed by atoms with van der Waals surface area (Å²) in [6.07, 6.45) is 4.94. The molecule has 3 N–H and O–H groups in total. The molecule has 2 aromatic heterocycles. The Labute approximate surface area is 187 Å². The summed E-state index contributed by atoms with van der Waals surface area (Å²) in [6.45, 7) is 6.16. The van der Waals surface area contributed by atoms with Crippen molar-refractivity contribution in [3.63, 3.8) is 0 Å². The average Bonchev–Trinajstić information content (AvgIpc) is 3.46. The zero-order valence-electron chi connectivity index (χ0n) is 18.9. The van der Waals surface area contributed by atoms with Gasteiger partial charge in [0.15, 0.2) is 5.82 Å². The van der Waals surface area contributed by atoms with E-state index in [9.17, 15) is 9.18 Å². The van der Waals surface area contributed by atoms with Crippen LogP contribution < -0.4 is 15.5 Å². The normalized spacial score (nSPS) is 21.7. The molecule has 0 radical (unpaired) electrons. The number of carbonyl (C=O) groups is 1. The van der Waals surface area contributed by atoms with E-state index in [0.717, 1.165) is 5.69 Å². The number of carbonyl (C=O) groups excluding carboxylic acids is 1. The molecule has 3 heterocycles. The Balaban J connectivity index is 1.33. The minimum Gasteiger partial charge on any atom is -0.444 e. The smallest absolute Gasteiger partial charge is 0.407 e. The van der Waals surface area contributed by atoms with Gasteiger partial charge in [0.25, 0.3) is 0 Å². The molecule has 10 heteroatoms. The number of anilines is 3. The molecule has 2 fully saturated rings. The molecule has 174 valence electrons. The quantitative estimate of drug-likeness (QED) is 0.619. The number of ether oxygens (including phenoxy) is 1. The van der Waals surface area contributed by atoms with Gasteiger partial charge in [-0.05, 0) is 39.7 Å². The maximum absolute atomic E-state index is 14.6. The van der Waals surface area contributed by atoms with Crippen molar-refractivity contribution in [2.75, 3.05) is 29.9 Å². The van der Waals surface area contributed by atoms with E-state index in [-0.39, 0.29) is 19.0 Å². The van der Waals surface area contributed by atoms with Gasteiger partial charge in [-0.25, -0.2) is 14.2 Å². The lowest BCUT2D eigenvalue weighted by atomic mass is 10.0. The first kappa shape index (κ1) is 22.3. The summed E-state index contributed by atoms with van der Waals surface area (Å²) in [7, 11) is 0. The van der Waals surface area contributed by atoms with E-state index in [1.54, 1.807) is 37.9 Å². The van der Waals surface area contributed by atoms with Crippen molar-refractivity contribution in [3.8, 4) is 0 Å². The molecule has 1 amide bonds. The van der Waals surface area contributed by atoms with Crippen LogP contribution in [0.5, 0.6) is 0 Å². The van der Waals surface area contributed by atoms with Crippen LogP contribution in [0, 0.1) is 5.92 Å². The van der Waals surface area contributed by atoms with Gasteiger partial charge >= 0.3 is 6.09 Å². The van der Waals surface area contributed by atoms with E-state index in [4.69, 9.17) is 4.74 Å². The summed E-state index contributed by atoms with van der Waals surface area (Å²) < 4.78 is 19.8. The SMILES string of the molecule is CC(C)(C)OC(=O)NC[C@@H]1CN(c2nccc(Nc3cc(C4CCCC4)[nH]n3)n2)C[C@@H]1F. The molecular weight excluding hydrogens is 413 g/mol. The lowest BCUT2D eigenvalue weighted by Gasteiger charge is -2.21. The van der Waals surface area contributed by atoms with Gasteiger partial charge in [-0.2, -0.15) is 10.1 Å². The number of rotatable bonds is 6. The van der Waals surface area contributed by atoms with Crippen LogP contribution in [-0.4, -0.2) is 57.7 Å². The van der Waals surface area contributed by atoms with Crippen molar-refractivity contribution in [2.24, 2.45) is 5.92 Å². The van der Waals surface area contributed by atoms with Gasteiger partial charge in [0, 0.05) is 42.9 Å². The highest BCUT2D eigenvalue weighted by Crippen LogP contribution is 2.34. The number of halogens is 1. The third kappa shape index (κ3) is 5.66. The molecule has 2 atom stereocenters. The summed E-state index contributed by atoms with van der Waals surface area (Å²) >= 11 is 0. The van der Waals surface area contributed by atoms with Gasteiger partial charge in [-0.1, -0.05) is 12.8 Å². The molecule has 1 aliphatic carbocycles. The number of alkyl carbamates (subject to hydrolysis) is 1. The summed E-state index contributed by atoms with van der Waals surface area (Å²) in [5, 5.41) is 13.3. The van der Waals surface area contributed by atoms with Gasteiger partial charge in [-0.3, -0.25) is 5.10 Å². The Hall–Kier alpha value is -2.91. The average molecular weight is 446 g/mol. The predicted molar refractivity (Wildman–Crippen MR) is 120 cm³/mol. The molecule has 1 saturated carbocycles. The Bertz CT molecular complexity index is 923. The van der Waals surface area contributed by atoms with E-state index < -0.39 is 17.9 Å². The molecule has 0 unspecified atom stereocenters. The lowest BCUT2D eigenvalue weighted by Crippen LogP contribution is -2.37. The zero-order valence-corrected chi connectivity index (χ0v) is 18.9. The highest BCUT2D eigenvalue weighted by molar-refractivity contribution is 5.67. The minimum atomic E-state index is -1.09. The molecule has 2 aliphatic rings. The van der Waals surface area contributed by atoms with Crippen LogP contribution in [0.25, 0.3) is 0 Å².